The predicted octanol–water partition coefficient (Wildman–Crippen LogP) is 0.787. The zero-order chi connectivity index (χ0) is 12.6. The number of aliphatic hydroxyl groups is 1. The van der Waals surface area contributed by atoms with Crippen molar-refractivity contribution in [1.29, 1.82) is 0 Å². The first-order chi connectivity index (χ1) is 7.92. The molecule has 0 bridgehead atoms. The van der Waals surface area contributed by atoms with Crippen molar-refractivity contribution in [3.8, 4) is 0 Å². The first-order valence-corrected chi connectivity index (χ1v) is 6.51. The van der Waals surface area contributed by atoms with Crippen molar-refractivity contribution in [2.75, 3.05) is 0 Å². The number of aliphatic hydroxyl groups excluding tert-OH is 1. The maximum absolute atomic E-state index is 12.2. The van der Waals surface area contributed by atoms with E-state index >= 15 is 0 Å². The Labute approximate surface area is 97.3 Å². The van der Waals surface area contributed by atoms with E-state index in [1.807, 2.05) is 4.72 Å². The first-order valence-electron chi connectivity index (χ1n) is 4.97. The van der Waals surface area contributed by atoms with Gasteiger partial charge in [0.25, 0.3) is 10.0 Å². The summed E-state index contributed by atoms with van der Waals surface area (Å²) in [6.45, 7) is 0. The van der Waals surface area contributed by atoms with E-state index < -0.39 is 27.9 Å². The van der Waals surface area contributed by atoms with Gasteiger partial charge in [-0.15, -0.1) is 0 Å². The van der Waals surface area contributed by atoms with Crippen LogP contribution in [-0.4, -0.2) is 25.4 Å². The van der Waals surface area contributed by atoms with Crippen molar-refractivity contribution >= 4 is 10.0 Å². The van der Waals surface area contributed by atoms with Crippen molar-refractivity contribution in [1.82, 2.24) is 4.72 Å². The van der Waals surface area contributed by atoms with Crippen LogP contribution < -0.4 is 4.72 Å². The molecule has 1 aromatic rings. The molecule has 2 atom stereocenters. The van der Waals surface area contributed by atoms with Gasteiger partial charge in [0.15, 0.2) is 0 Å². The SMILES string of the molecule is O=S(=O)(N[C@@H]1c2ccccc2C[C@@H]1O)C(F)F. The van der Waals surface area contributed by atoms with E-state index in [1.54, 1.807) is 24.3 Å². The first kappa shape index (κ1) is 12.4. The molecule has 0 aromatic heterocycles. The second-order valence-electron chi connectivity index (χ2n) is 3.87. The molecule has 94 valence electrons. The lowest BCUT2D eigenvalue weighted by molar-refractivity contribution is 0.149. The minimum Gasteiger partial charge on any atom is -0.391 e. The summed E-state index contributed by atoms with van der Waals surface area (Å²) >= 11 is 0. The number of nitrogens with one attached hydrogen (secondary N) is 1. The summed E-state index contributed by atoms with van der Waals surface area (Å²) in [6, 6.07) is 5.76. The highest BCUT2D eigenvalue weighted by Crippen LogP contribution is 2.32. The number of halogens is 2. The number of hydrogen-bond donors (Lipinski definition) is 2. The molecule has 0 spiro atoms. The van der Waals surface area contributed by atoms with E-state index in [0.29, 0.717) is 5.56 Å². The normalized spacial score (nSPS) is 24.0. The van der Waals surface area contributed by atoms with E-state index in [0.717, 1.165) is 5.56 Å². The third-order valence-corrected chi connectivity index (χ3v) is 3.78. The van der Waals surface area contributed by atoms with Gasteiger partial charge in [-0.2, -0.15) is 8.78 Å². The summed E-state index contributed by atoms with van der Waals surface area (Å²) in [6.07, 6.45) is -0.756. The Morgan fingerprint density at radius 2 is 2.00 bits per heavy atom. The Bertz CT molecular complexity index is 518. The Morgan fingerprint density at radius 3 is 2.65 bits per heavy atom. The van der Waals surface area contributed by atoms with Gasteiger partial charge in [-0.1, -0.05) is 24.3 Å². The molecule has 0 radical (unpaired) electrons. The molecule has 0 amide bonds. The zero-order valence-corrected chi connectivity index (χ0v) is 9.49. The molecule has 0 heterocycles. The summed E-state index contributed by atoms with van der Waals surface area (Å²) in [7, 11) is -4.70. The number of alkyl halides is 2. The number of hydrogen-bond acceptors (Lipinski definition) is 3. The monoisotopic (exact) mass is 263 g/mol. The summed E-state index contributed by atoms with van der Waals surface area (Å²) < 4.78 is 48.4. The Balaban J connectivity index is 2.29. The van der Waals surface area contributed by atoms with Crippen LogP contribution >= 0.6 is 0 Å². The summed E-state index contributed by atoms with van der Waals surface area (Å²) in [5.74, 6) is -3.50. The van der Waals surface area contributed by atoms with Crippen molar-refractivity contribution in [3.63, 3.8) is 0 Å². The van der Waals surface area contributed by atoms with Gasteiger partial charge in [-0.05, 0) is 11.1 Å². The second-order valence-corrected chi connectivity index (χ2v) is 5.55. The highest BCUT2D eigenvalue weighted by atomic mass is 32.2. The highest BCUT2D eigenvalue weighted by Gasteiger charge is 2.36. The predicted molar refractivity (Wildman–Crippen MR) is 57.0 cm³/mol. The minimum atomic E-state index is -4.70. The van der Waals surface area contributed by atoms with E-state index in [-0.39, 0.29) is 6.42 Å². The maximum atomic E-state index is 12.2. The van der Waals surface area contributed by atoms with Gasteiger partial charge < -0.3 is 5.11 Å². The van der Waals surface area contributed by atoms with Gasteiger partial charge in [-0.3, -0.25) is 0 Å². The van der Waals surface area contributed by atoms with Crippen LogP contribution in [0.2, 0.25) is 0 Å². The lowest BCUT2D eigenvalue weighted by atomic mass is 10.1. The molecular formula is C10H11F2NO3S. The maximum Gasteiger partial charge on any atom is 0.350 e. The van der Waals surface area contributed by atoms with E-state index in [9.17, 15) is 22.3 Å². The molecule has 17 heavy (non-hydrogen) atoms. The molecule has 7 heteroatoms. The number of benzene rings is 1. The fourth-order valence-electron chi connectivity index (χ4n) is 1.94. The summed E-state index contributed by atoms with van der Waals surface area (Å²) in [4.78, 5) is 0. The average molecular weight is 263 g/mol. The number of fused-ring (bicyclic) bond motifs is 1. The topological polar surface area (TPSA) is 66.4 Å². The van der Waals surface area contributed by atoms with E-state index in [4.69, 9.17) is 0 Å². The molecular weight excluding hydrogens is 252 g/mol. The van der Waals surface area contributed by atoms with Crippen LogP contribution in [0.25, 0.3) is 0 Å². The molecule has 0 unspecified atom stereocenters. The van der Waals surface area contributed by atoms with Crippen LogP contribution in [-0.2, 0) is 16.4 Å². The van der Waals surface area contributed by atoms with Gasteiger partial charge >= 0.3 is 5.76 Å². The molecule has 0 saturated heterocycles. The van der Waals surface area contributed by atoms with Gasteiger partial charge in [-0.25, -0.2) is 13.1 Å². The quantitative estimate of drug-likeness (QED) is 0.847. The van der Waals surface area contributed by atoms with Crippen molar-refractivity contribution < 1.29 is 22.3 Å². The Morgan fingerprint density at radius 1 is 1.35 bits per heavy atom. The fraction of sp³-hybridized carbons (Fsp3) is 0.400. The van der Waals surface area contributed by atoms with Gasteiger partial charge in [0.05, 0.1) is 12.1 Å². The molecule has 2 rings (SSSR count). The Hall–Kier alpha value is -1.05. The largest absolute Gasteiger partial charge is 0.391 e. The van der Waals surface area contributed by atoms with Crippen LogP contribution in [0.1, 0.15) is 17.2 Å². The van der Waals surface area contributed by atoms with Crippen LogP contribution in [0, 0.1) is 0 Å². The van der Waals surface area contributed by atoms with Gasteiger partial charge in [0.2, 0.25) is 0 Å². The fourth-order valence-corrected chi connectivity index (χ4v) is 2.69. The number of rotatable bonds is 3. The molecule has 0 fully saturated rings. The molecule has 2 N–H and O–H groups in total. The van der Waals surface area contributed by atoms with Gasteiger partial charge in [0, 0.05) is 6.42 Å². The average Bonchev–Trinajstić information content (AvgIpc) is 2.55. The van der Waals surface area contributed by atoms with E-state index in [2.05, 4.69) is 0 Å². The molecule has 0 aliphatic heterocycles. The molecule has 0 saturated carbocycles. The van der Waals surface area contributed by atoms with Crippen molar-refractivity contribution in [3.05, 3.63) is 35.4 Å². The standard InChI is InChI=1S/C10H11F2NO3S/c11-10(12)17(15,16)13-9-7-4-2-1-3-6(7)5-8(9)14/h1-4,8-10,13-14H,5H2/t8-,9+/m0/s1. The van der Waals surface area contributed by atoms with E-state index in [1.165, 1.54) is 0 Å². The lowest BCUT2D eigenvalue weighted by Gasteiger charge is -2.17. The second kappa shape index (κ2) is 4.32. The minimum absolute atomic E-state index is 0.257. The van der Waals surface area contributed by atoms with Crippen molar-refractivity contribution in [2.24, 2.45) is 0 Å². The van der Waals surface area contributed by atoms with Crippen LogP contribution in [0.5, 0.6) is 0 Å². The Kier molecular flexibility index (Phi) is 3.15. The summed E-state index contributed by atoms with van der Waals surface area (Å²) in [5, 5.41) is 9.68. The van der Waals surface area contributed by atoms with Crippen LogP contribution in [0.15, 0.2) is 24.3 Å². The summed E-state index contributed by atoms with van der Waals surface area (Å²) in [5.41, 5.74) is 1.31. The molecule has 1 aliphatic carbocycles. The molecule has 1 aliphatic rings. The third kappa shape index (κ3) is 2.31. The van der Waals surface area contributed by atoms with Gasteiger partial charge in [0.1, 0.15) is 0 Å². The number of sulfonamides is 1. The molecule has 1 aromatic carbocycles. The van der Waals surface area contributed by atoms with Crippen LogP contribution in [0.4, 0.5) is 8.78 Å². The van der Waals surface area contributed by atoms with Crippen LogP contribution in [0.3, 0.4) is 0 Å². The smallest absolute Gasteiger partial charge is 0.350 e. The zero-order valence-electron chi connectivity index (χ0n) is 8.68. The highest BCUT2D eigenvalue weighted by molar-refractivity contribution is 7.89. The lowest BCUT2D eigenvalue weighted by Crippen LogP contribution is -2.37. The third-order valence-electron chi connectivity index (χ3n) is 2.73. The van der Waals surface area contributed by atoms with Crippen molar-refractivity contribution in [2.45, 2.75) is 24.3 Å². The molecule has 4 nitrogen and oxygen atoms in total.